The highest BCUT2D eigenvalue weighted by Gasteiger charge is 2.24. The van der Waals surface area contributed by atoms with Crippen LogP contribution in [0.2, 0.25) is 0 Å². The molecule has 1 aliphatic carbocycles. The molecule has 1 aliphatic rings. The highest BCUT2D eigenvalue weighted by atomic mass is 32.2. The number of hydrogen-bond acceptors (Lipinski definition) is 5. The normalized spacial score (nSPS) is 22.7. The maximum Gasteiger partial charge on any atom is 0.271 e. The van der Waals surface area contributed by atoms with Gasteiger partial charge in [-0.3, -0.25) is 10.1 Å². The number of sulfonamides is 1. The molecule has 3 N–H and O–H groups in total. The molecule has 0 aliphatic heterocycles. The molecule has 1 aromatic carbocycles. The molecule has 2 rings (SSSR count). The SMILES string of the molecule is CC1CCC(Nc2cc([N+](=O)[O-])ccc2S(N)(=O)=O)C1. The molecular weight excluding hydrogens is 282 g/mol. The molecule has 2 atom stereocenters. The standard InChI is InChI=1S/C12H17N3O4S/c1-8-2-3-9(6-8)14-11-7-10(15(16)17)4-5-12(11)20(13,18)19/h4-5,7-9,14H,2-3,6H2,1H3,(H2,13,18,19). The Morgan fingerprint density at radius 3 is 2.60 bits per heavy atom. The Balaban J connectivity index is 2.36. The summed E-state index contributed by atoms with van der Waals surface area (Å²) in [6, 6.07) is 3.66. The third-order valence-electron chi connectivity index (χ3n) is 3.53. The van der Waals surface area contributed by atoms with Crippen LogP contribution in [0, 0.1) is 16.0 Å². The lowest BCUT2D eigenvalue weighted by atomic mass is 10.1. The molecule has 0 spiro atoms. The molecule has 0 heterocycles. The summed E-state index contributed by atoms with van der Waals surface area (Å²) >= 11 is 0. The zero-order chi connectivity index (χ0) is 14.9. The van der Waals surface area contributed by atoms with Crippen molar-refractivity contribution in [1.82, 2.24) is 0 Å². The molecule has 1 fully saturated rings. The smallest absolute Gasteiger partial charge is 0.271 e. The average molecular weight is 299 g/mol. The number of nitro groups is 1. The summed E-state index contributed by atoms with van der Waals surface area (Å²) in [5.41, 5.74) is 0.0479. The number of primary sulfonamides is 1. The highest BCUT2D eigenvalue weighted by Crippen LogP contribution is 2.31. The Labute approximate surface area is 117 Å². The van der Waals surface area contributed by atoms with Crippen molar-refractivity contribution in [2.24, 2.45) is 11.1 Å². The first-order chi connectivity index (χ1) is 9.27. The van der Waals surface area contributed by atoms with E-state index in [4.69, 9.17) is 5.14 Å². The van der Waals surface area contributed by atoms with Crippen LogP contribution in [0.3, 0.4) is 0 Å². The van der Waals surface area contributed by atoms with E-state index in [2.05, 4.69) is 12.2 Å². The van der Waals surface area contributed by atoms with Crippen molar-refractivity contribution >= 4 is 21.4 Å². The number of nitrogens with two attached hydrogens (primary N) is 1. The summed E-state index contributed by atoms with van der Waals surface area (Å²) < 4.78 is 23.1. The molecule has 110 valence electrons. The first-order valence-electron chi connectivity index (χ1n) is 6.35. The van der Waals surface area contributed by atoms with Gasteiger partial charge in [0.2, 0.25) is 10.0 Å². The van der Waals surface area contributed by atoms with Gasteiger partial charge in [0, 0.05) is 18.2 Å². The lowest BCUT2D eigenvalue weighted by molar-refractivity contribution is -0.384. The second-order valence-electron chi connectivity index (χ2n) is 5.24. The van der Waals surface area contributed by atoms with Crippen LogP contribution in [-0.2, 0) is 10.0 Å². The predicted octanol–water partition coefficient (Wildman–Crippen LogP) is 1.84. The maximum absolute atomic E-state index is 11.5. The summed E-state index contributed by atoms with van der Waals surface area (Å²) in [6.07, 6.45) is 2.87. The quantitative estimate of drug-likeness (QED) is 0.650. The Morgan fingerprint density at radius 1 is 1.40 bits per heavy atom. The Kier molecular flexibility index (Phi) is 3.96. The number of hydrogen-bond donors (Lipinski definition) is 2. The third kappa shape index (κ3) is 3.26. The molecule has 1 aromatic rings. The van der Waals surface area contributed by atoms with Crippen LogP contribution < -0.4 is 10.5 Å². The van der Waals surface area contributed by atoms with E-state index >= 15 is 0 Å². The van der Waals surface area contributed by atoms with E-state index in [9.17, 15) is 18.5 Å². The van der Waals surface area contributed by atoms with Crippen LogP contribution in [0.4, 0.5) is 11.4 Å². The monoisotopic (exact) mass is 299 g/mol. The lowest BCUT2D eigenvalue weighted by Gasteiger charge is -2.16. The van der Waals surface area contributed by atoms with Gasteiger partial charge >= 0.3 is 0 Å². The third-order valence-corrected chi connectivity index (χ3v) is 4.50. The van der Waals surface area contributed by atoms with E-state index < -0.39 is 14.9 Å². The van der Waals surface area contributed by atoms with Gasteiger partial charge in [0.1, 0.15) is 4.90 Å². The van der Waals surface area contributed by atoms with Crippen LogP contribution in [0.5, 0.6) is 0 Å². The van der Waals surface area contributed by atoms with Crippen LogP contribution >= 0.6 is 0 Å². The van der Waals surface area contributed by atoms with Crippen LogP contribution in [0.25, 0.3) is 0 Å². The van der Waals surface area contributed by atoms with Crippen molar-refractivity contribution in [3.63, 3.8) is 0 Å². The van der Waals surface area contributed by atoms with E-state index in [0.29, 0.717) is 5.92 Å². The van der Waals surface area contributed by atoms with Gasteiger partial charge in [-0.2, -0.15) is 0 Å². The fourth-order valence-electron chi connectivity index (χ4n) is 2.55. The number of anilines is 1. The Hall–Kier alpha value is -1.67. The van der Waals surface area contributed by atoms with Gasteiger partial charge in [-0.05, 0) is 31.2 Å². The Morgan fingerprint density at radius 2 is 2.10 bits per heavy atom. The molecule has 0 amide bonds. The van der Waals surface area contributed by atoms with E-state index in [0.717, 1.165) is 25.3 Å². The lowest BCUT2D eigenvalue weighted by Crippen LogP contribution is -2.20. The number of benzene rings is 1. The van der Waals surface area contributed by atoms with Gasteiger partial charge < -0.3 is 5.32 Å². The van der Waals surface area contributed by atoms with Gasteiger partial charge in [0.05, 0.1) is 10.6 Å². The first-order valence-corrected chi connectivity index (χ1v) is 7.90. The molecule has 2 unspecified atom stereocenters. The van der Waals surface area contributed by atoms with Crippen LogP contribution in [0.15, 0.2) is 23.1 Å². The maximum atomic E-state index is 11.5. The van der Waals surface area contributed by atoms with E-state index in [-0.39, 0.29) is 22.3 Å². The van der Waals surface area contributed by atoms with Crippen molar-refractivity contribution in [2.75, 3.05) is 5.32 Å². The molecule has 0 aromatic heterocycles. The van der Waals surface area contributed by atoms with Gasteiger partial charge in [0.15, 0.2) is 0 Å². The van der Waals surface area contributed by atoms with Crippen molar-refractivity contribution in [3.8, 4) is 0 Å². The minimum Gasteiger partial charge on any atom is -0.381 e. The fourth-order valence-corrected chi connectivity index (χ4v) is 3.23. The molecule has 20 heavy (non-hydrogen) atoms. The molecular formula is C12H17N3O4S. The summed E-state index contributed by atoms with van der Waals surface area (Å²) in [6.45, 7) is 2.12. The average Bonchev–Trinajstić information content (AvgIpc) is 2.73. The summed E-state index contributed by atoms with van der Waals surface area (Å²) in [5, 5.41) is 19.0. The van der Waals surface area contributed by atoms with Crippen molar-refractivity contribution in [3.05, 3.63) is 28.3 Å². The van der Waals surface area contributed by atoms with Gasteiger partial charge in [-0.15, -0.1) is 0 Å². The molecule has 0 saturated heterocycles. The number of nitro benzene ring substituents is 1. The van der Waals surface area contributed by atoms with E-state index in [1.807, 2.05) is 0 Å². The summed E-state index contributed by atoms with van der Waals surface area (Å²) in [5.74, 6) is 0.559. The summed E-state index contributed by atoms with van der Waals surface area (Å²) in [4.78, 5) is 10.1. The van der Waals surface area contributed by atoms with E-state index in [1.54, 1.807) is 0 Å². The van der Waals surface area contributed by atoms with Gasteiger partial charge in [-0.1, -0.05) is 6.92 Å². The van der Waals surface area contributed by atoms with Gasteiger partial charge in [-0.25, -0.2) is 13.6 Å². The summed E-state index contributed by atoms with van der Waals surface area (Å²) in [7, 11) is -3.92. The topological polar surface area (TPSA) is 115 Å². The minimum atomic E-state index is -3.92. The van der Waals surface area contributed by atoms with Gasteiger partial charge in [0.25, 0.3) is 5.69 Å². The molecule has 8 heteroatoms. The van der Waals surface area contributed by atoms with Crippen molar-refractivity contribution in [2.45, 2.75) is 37.1 Å². The second-order valence-corrected chi connectivity index (χ2v) is 6.77. The molecule has 7 nitrogen and oxygen atoms in total. The molecule has 1 saturated carbocycles. The zero-order valence-electron chi connectivity index (χ0n) is 11.1. The van der Waals surface area contributed by atoms with Crippen LogP contribution in [-0.4, -0.2) is 19.4 Å². The highest BCUT2D eigenvalue weighted by molar-refractivity contribution is 7.89. The zero-order valence-corrected chi connectivity index (χ0v) is 11.9. The van der Waals surface area contributed by atoms with Crippen molar-refractivity contribution in [1.29, 1.82) is 0 Å². The van der Waals surface area contributed by atoms with Crippen LogP contribution in [0.1, 0.15) is 26.2 Å². The molecule has 0 radical (unpaired) electrons. The number of nitrogens with zero attached hydrogens (tertiary/aromatic N) is 1. The molecule has 0 bridgehead atoms. The Bertz CT molecular complexity index is 630. The predicted molar refractivity (Wildman–Crippen MR) is 74.9 cm³/mol. The van der Waals surface area contributed by atoms with Crippen molar-refractivity contribution < 1.29 is 13.3 Å². The number of nitrogens with one attached hydrogen (secondary N) is 1. The fraction of sp³-hybridized carbons (Fsp3) is 0.500. The second kappa shape index (κ2) is 5.37. The number of rotatable bonds is 4. The number of non-ortho nitro benzene ring substituents is 1. The van der Waals surface area contributed by atoms with E-state index in [1.165, 1.54) is 12.1 Å². The minimum absolute atomic E-state index is 0.109. The largest absolute Gasteiger partial charge is 0.381 e. The first kappa shape index (κ1) is 14.7.